The van der Waals surface area contributed by atoms with Crippen LogP contribution in [0.15, 0.2) is 69.9 Å². The van der Waals surface area contributed by atoms with Crippen LogP contribution < -0.4 is 10.9 Å². The molecule has 0 fully saturated rings. The second-order valence-electron chi connectivity index (χ2n) is 6.84. The van der Waals surface area contributed by atoms with E-state index < -0.39 is 0 Å². The molecule has 5 nitrogen and oxygen atoms in total. The Hall–Kier alpha value is -2.90. The molecular formula is C23H21N3O2S2. The summed E-state index contributed by atoms with van der Waals surface area (Å²) in [7, 11) is 0. The summed E-state index contributed by atoms with van der Waals surface area (Å²) in [5.74, 6) is 0.0471. The van der Waals surface area contributed by atoms with E-state index in [0.29, 0.717) is 21.9 Å². The molecular weight excluding hydrogens is 414 g/mol. The van der Waals surface area contributed by atoms with E-state index in [1.165, 1.54) is 23.1 Å². The fraction of sp³-hybridized carbons (Fsp3) is 0.174. The summed E-state index contributed by atoms with van der Waals surface area (Å²) in [5.41, 5.74) is 4.50. The van der Waals surface area contributed by atoms with Crippen molar-refractivity contribution in [2.75, 3.05) is 11.1 Å². The van der Waals surface area contributed by atoms with Gasteiger partial charge in [0.05, 0.1) is 11.3 Å². The van der Waals surface area contributed by atoms with Crippen LogP contribution in [0.5, 0.6) is 0 Å². The lowest BCUT2D eigenvalue weighted by Gasteiger charge is -2.11. The van der Waals surface area contributed by atoms with Gasteiger partial charge in [0.15, 0.2) is 5.16 Å². The average Bonchev–Trinajstić information content (AvgIpc) is 3.19. The predicted molar refractivity (Wildman–Crippen MR) is 126 cm³/mol. The van der Waals surface area contributed by atoms with Crippen LogP contribution in [0.2, 0.25) is 0 Å². The van der Waals surface area contributed by atoms with Gasteiger partial charge in [0.1, 0.15) is 4.70 Å². The maximum atomic E-state index is 13.0. The molecule has 0 aliphatic rings. The molecule has 0 aliphatic heterocycles. The number of thiophene rings is 1. The Bertz CT molecular complexity index is 1250. The minimum absolute atomic E-state index is 0.0591. The summed E-state index contributed by atoms with van der Waals surface area (Å²) in [6, 6.07) is 17.6. The molecule has 152 valence electrons. The van der Waals surface area contributed by atoms with Crippen molar-refractivity contribution >= 4 is 44.9 Å². The third kappa shape index (κ3) is 4.17. The maximum absolute atomic E-state index is 13.0. The van der Waals surface area contributed by atoms with Gasteiger partial charge in [-0.3, -0.25) is 14.2 Å². The second kappa shape index (κ2) is 8.85. The van der Waals surface area contributed by atoms with E-state index in [1.54, 1.807) is 4.57 Å². The number of hydrogen-bond donors (Lipinski definition) is 1. The summed E-state index contributed by atoms with van der Waals surface area (Å²) in [6.07, 6.45) is 0. The molecule has 0 saturated carbocycles. The first-order valence-electron chi connectivity index (χ1n) is 9.63. The zero-order valence-corrected chi connectivity index (χ0v) is 18.3. The third-order valence-electron chi connectivity index (χ3n) is 4.71. The number of hydrogen-bond acceptors (Lipinski definition) is 5. The molecule has 0 bridgehead atoms. The molecule has 0 spiro atoms. The molecule has 2 aromatic carbocycles. The standard InChI is InChI=1S/C23H21N3O2S2/c1-3-26-22(28)21-20(18(13-29-21)16-7-5-4-6-8-16)25-23(26)30-14-19(27)24-17-11-9-15(2)10-12-17/h4-13H,3,14H2,1-2H3,(H,24,27). The van der Waals surface area contributed by atoms with Gasteiger partial charge in [0.25, 0.3) is 5.56 Å². The molecule has 4 rings (SSSR count). The summed E-state index contributed by atoms with van der Waals surface area (Å²) < 4.78 is 2.28. The highest BCUT2D eigenvalue weighted by atomic mass is 32.2. The maximum Gasteiger partial charge on any atom is 0.272 e. The Labute approximate surface area is 182 Å². The van der Waals surface area contributed by atoms with Crippen LogP contribution in [0.25, 0.3) is 21.3 Å². The number of aryl methyl sites for hydroxylation is 1. The van der Waals surface area contributed by atoms with Crippen LogP contribution in [-0.4, -0.2) is 21.2 Å². The highest BCUT2D eigenvalue weighted by Crippen LogP contribution is 2.32. The van der Waals surface area contributed by atoms with Crippen molar-refractivity contribution in [3.8, 4) is 11.1 Å². The van der Waals surface area contributed by atoms with Gasteiger partial charge in [-0.2, -0.15) is 0 Å². The van der Waals surface area contributed by atoms with Crippen molar-refractivity contribution in [2.45, 2.75) is 25.5 Å². The molecule has 1 N–H and O–H groups in total. The largest absolute Gasteiger partial charge is 0.325 e. The fourth-order valence-corrected chi connectivity index (χ4v) is 4.97. The van der Waals surface area contributed by atoms with Gasteiger partial charge >= 0.3 is 0 Å². The molecule has 4 aromatic rings. The van der Waals surface area contributed by atoms with Crippen LogP contribution in [-0.2, 0) is 11.3 Å². The fourth-order valence-electron chi connectivity index (χ4n) is 3.16. The topological polar surface area (TPSA) is 64.0 Å². The SMILES string of the molecule is CCn1c(SCC(=O)Nc2ccc(C)cc2)nc2c(-c3ccccc3)csc2c1=O. The number of nitrogens with zero attached hydrogens (tertiary/aromatic N) is 2. The summed E-state index contributed by atoms with van der Waals surface area (Å²) >= 11 is 2.70. The van der Waals surface area contributed by atoms with E-state index in [2.05, 4.69) is 5.32 Å². The number of anilines is 1. The molecule has 1 amide bonds. The van der Waals surface area contributed by atoms with Crippen LogP contribution in [0.4, 0.5) is 5.69 Å². The Morgan fingerprint density at radius 1 is 1.13 bits per heavy atom. The zero-order valence-electron chi connectivity index (χ0n) is 16.7. The lowest BCUT2D eigenvalue weighted by Crippen LogP contribution is -2.22. The van der Waals surface area contributed by atoms with Crippen LogP contribution in [0, 0.1) is 6.92 Å². The van der Waals surface area contributed by atoms with Crippen LogP contribution >= 0.6 is 23.1 Å². The molecule has 7 heteroatoms. The van der Waals surface area contributed by atoms with E-state index in [9.17, 15) is 9.59 Å². The highest BCUT2D eigenvalue weighted by molar-refractivity contribution is 7.99. The van der Waals surface area contributed by atoms with Crippen LogP contribution in [0.1, 0.15) is 12.5 Å². The Morgan fingerprint density at radius 2 is 1.87 bits per heavy atom. The van der Waals surface area contributed by atoms with Gasteiger partial charge in [0, 0.05) is 23.2 Å². The van der Waals surface area contributed by atoms with Crippen LogP contribution in [0.3, 0.4) is 0 Å². The minimum atomic E-state index is -0.130. The van der Waals surface area contributed by atoms with E-state index in [4.69, 9.17) is 4.98 Å². The van der Waals surface area contributed by atoms with Crippen molar-refractivity contribution < 1.29 is 4.79 Å². The monoisotopic (exact) mass is 435 g/mol. The van der Waals surface area contributed by atoms with Gasteiger partial charge in [-0.25, -0.2) is 4.98 Å². The number of carbonyl (C=O) groups is 1. The van der Waals surface area contributed by atoms with E-state index >= 15 is 0 Å². The first-order valence-corrected chi connectivity index (χ1v) is 11.5. The lowest BCUT2D eigenvalue weighted by molar-refractivity contribution is -0.113. The van der Waals surface area contributed by atoms with Gasteiger partial charge in [-0.15, -0.1) is 11.3 Å². The number of benzene rings is 2. The van der Waals surface area contributed by atoms with Crippen molar-refractivity contribution in [1.82, 2.24) is 9.55 Å². The molecule has 0 radical (unpaired) electrons. The molecule has 0 unspecified atom stereocenters. The van der Waals surface area contributed by atoms with Crippen molar-refractivity contribution in [2.24, 2.45) is 0 Å². The third-order valence-corrected chi connectivity index (χ3v) is 6.64. The van der Waals surface area contributed by atoms with Gasteiger partial charge in [-0.05, 0) is 31.5 Å². The Kier molecular flexibility index (Phi) is 6.01. The second-order valence-corrected chi connectivity index (χ2v) is 8.66. The average molecular weight is 436 g/mol. The number of amides is 1. The highest BCUT2D eigenvalue weighted by Gasteiger charge is 2.17. The number of nitrogens with one attached hydrogen (secondary N) is 1. The van der Waals surface area contributed by atoms with Crippen molar-refractivity contribution in [3.63, 3.8) is 0 Å². The molecule has 0 atom stereocenters. The van der Waals surface area contributed by atoms with Gasteiger partial charge < -0.3 is 5.32 Å². The Balaban J connectivity index is 1.62. The number of rotatable bonds is 6. The number of thioether (sulfide) groups is 1. The molecule has 2 heterocycles. The van der Waals surface area contributed by atoms with Gasteiger partial charge in [0.2, 0.25) is 5.91 Å². The first-order chi connectivity index (χ1) is 14.6. The number of fused-ring (bicyclic) bond motifs is 1. The quantitative estimate of drug-likeness (QED) is 0.335. The van der Waals surface area contributed by atoms with Crippen molar-refractivity contribution in [1.29, 1.82) is 0 Å². The van der Waals surface area contributed by atoms with Crippen molar-refractivity contribution in [3.05, 3.63) is 75.9 Å². The molecule has 0 saturated heterocycles. The summed E-state index contributed by atoms with van der Waals surface area (Å²) in [6.45, 7) is 4.42. The first kappa shape index (κ1) is 20.4. The Morgan fingerprint density at radius 3 is 2.57 bits per heavy atom. The minimum Gasteiger partial charge on any atom is -0.325 e. The van der Waals surface area contributed by atoms with E-state index in [1.807, 2.05) is 73.8 Å². The number of aromatic nitrogens is 2. The number of carbonyl (C=O) groups excluding carboxylic acids is 1. The molecule has 0 aliphatic carbocycles. The zero-order chi connectivity index (χ0) is 21.1. The summed E-state index contributed by atoms with van der Waals surface area (Å²) in [5, 5.41) is 5.43. The smallest absolute Gasteiger partial charge is 0.272 e. The van der Waals surface area contributed by atoms with E-state index in [-0.39, 0.29) is 17.2 Å². The lowest BCUT2D eigenvalue weighted by atomic mass is 10.1. The molecule has 30 heavy (non-hydrogen) atoms. The van der Waals surface area contributed by atoms with Gasteiger partial charge in [-0.1, -0.05) is 59.8 Å². The van der Waals surface area contributed by atoms with E-state index in [0.717, 1.165) is 22.4 Å². The predicted octanol–water partition coefficient (Wildman–Crippen LogP) is 5.18. The summed E-state index contributed by atoms with van der Waals surface area (Å²) in [4.78, 5) is 30.2. The normalized spacial score (nSPS) is 11.0. The molecule has 2 aromatic heterocycles.